The molecule has 2 rings (SSSR count). The van der Waals surface area contributed by atoms with Gasteiger partial charge in [0, 0.05) is 10.9 Å². The van der Waals surface area contributed by atoms with Crippen molar-refractivity contribution in [3.63, 3.8) is 0 Å². The molecule has 0 fully saturated rings. The van der Waals surface area contributed by atoms with Crippen LogP contribution in [-0.2, 0) is 19.1 Å². The number of halogens is 1. The molecule has 2 aromatic rings. The van der Waals surface area contributed by atoms with Crippen LogP contribution in [0.15, 0.2) is 29.8 Å². The summed E-state index contributed by atoms with van der Waals surface area (Å²) in [7, 11) is 0. The number of ether oxygens (including phenoxy) is 2. The number of benzene rings is 1. The first-order chi connectivity index (χ1) is 11.5. The van der Waals surface area contributed by atoms with E-state index in [1.165, 1.54) is 6.08 Å². The van der Waals surface area contributed by atoms with E-state index < -0.39 is 11.9 Å². The van der Waals surface area contributed by atoms with Crippen molar-refractivity contribution in [3.8, 4) is 0 Å². The first kappa shape index (κ1) is 17.9. The molecule has 0 unspecified atom stereocenters. The zero-order valence-electron chi connectivity index (χ0n) is 13.8. The highest BCUT2D eigenvalue weighted by atomic mass is 35.5. The molecule has 0 aliphatic heterocycles. The van der Waals surface area contributed by atoms with E-state index in [0.29, 0.717) is 5.56 Å². The quantitative estimate of drug-likeness (QED) is 0.271. The lowest BCUT2D eigenvalue weighted by molar-refractivity contribution is -0.146. The lowest BCUT2D eigenvalue weighted by Gasteiger charge is -2.08. The molecule has 0 aliphatic carbocycles. The fourth-order valence-corrected chi connectivity index (χ4v) is 2.36. The summed E-state index contributed by atoms with van der Waals surface area (Å²) < 4.78 is 9.84. The Kier molecular flexibility index (Phi) is 5.93. The van der Waals surface area contributed by atoms with Crippen molar-refractivity contribution in [1.29, 1.82) is 0 Å². The van der Waals surface area contributed by atoms with Crippen molar-refractivity contribution >= 4 is 40.5 Å². The largest absolute Gasteiger partial charge is 0.462 e. The highest BCUT2D eigenvalue weighted by molar-refractivity contribution is 6.32. The third-order valence-corrected chi connectivity index (χ3v) is 3.54. The fourth-order valence-electron chi connectivity index (χ4n) is 2.16. The maximum absolute atomic E-state index is 12.0. The van der Waals surface area contributed by atoms with Gasteiger partial charge in [-0.25, -0.2) is 14.6 Å². The van der Waals surface area contributed by atoms with Crippen LogP contribution in [0.1, 0.15) is 25.0 Å². The number of rotatable bonds is 5. The van der Waals surface area contributed by atoms with Crippen LogP contribution in [0.2, 0.25) is 5.15 Å². The zero-order chi connectivity index (χ0) is 17.7. The number of hydrogen-bond acceptors (Lipinski definition) is 5. The van der Waals surface area contributed by atoms with Crippen LogP contribution < -0.4 is 0 Å². The van der Waals surface area contributed by atoms with E-state index >= 15 is 0 Å². The van der Waals surface area contributed by atoms with E-state index in [0.717, 1.165) is 16.5 Å². The smallest absolute Gasteiger partial charge is 0.345 e. The summed E-state index contributed by atoms with van der Waals surface area (Å²) in [5, 5.41) is 1.05. The van der Waals surface area contributed by atoms with Crippen LogP contribution in [-0.4, -0.2) is 30.1 Å². The number of fused-ring (bicyclic) bond motifs is 1. The number of carbonyl (C=O) groups is 2. The van der Waals surface area contributed by atoms with Gasteiger partial charge in [0.25, 0.3) is 0 Å². The summed E-state index contributed by atoms with van der Waals surface area (Å²) >= 11 is 6.19. The molecule has 0 atom stereocenters. The van der Waals surface area contributed by atoms with E-state index in [1.807, 2.05) is 25.1 Å². The number of aryl methyl sites for hydroxylation is 1. The summed E-state index contributed by atoms with van der Waals surface area (Å²) in [6, 6.07) is 7.52. The van der Waals surface area contributed by atoms with Crippen LogP contribution >= 0.6 is 11.6 Å². The normalized spacial score (nSPS) is 10.3. The Balaban J connectivity index is 2.54. The van der Waals surface area contributed by atoms with Crippen LogP contribution in [0.3, 0.4) is 0 Å². The molecule has 6 heteroatoms. The van der Waals surface area contributed by atoms with Crippen LogP contribution in [0.25, 0.3) is 17.0 Å². The maximum Gasteiger partial charge on any atom is 0.345 e. The van der Waals surface area contributed by atoms with Crippen LogP contribution in [0.4, 0.5) is 0 Å². The predicted molar refractivity (Wildman–Crippen MR) is 92.7 cm³/mol. The summed E-state index contributed by atoms with van der Waals surface area (Å²) in [5.74, 6) is -1.51. The Morgan fingerprint density at radius 2 is 1.75 bits per heavy atom. The zero-order valence-corrected chi connectivity index (χ0v) is 14.5. The minimum absolute atomic E-state index is 0.151. The van der Waals surface area contributed by atoms with E-state index in [4.69, 9.17) is 21.1 Å². The number of pyridine rings is 1. The molecule has 24 heavy (non-hydrogen) atoms. The molecule has 5 nitrogen and oxygen atoms in total. The van der Waals surface area contributed by atoms with Gasteiger partial charge in [-0.2, -0.15) is 0 Å². The maximum atomic E-state index is 12.0. The second kappa shape index (κ2) is 7.93. The lowest BCUT2D eigenvalue weighted by Crippen LogP contribution is -2.18. The molecule has 0 bridgehead atoms. The van der Waals surface area contributed by atoms with Gasteiger partial charge < -0.3 is 9.47 Å². The summed E-state index contributed by atoms with van der Waals surface area (Å²) in [6.45, 7) is 5.59. The molecular weight excluding hydrogens is 330 g/mol. The number of esters is 2. The molecular formula is C18H18ClNO4. The third-order valence-electron chi connectivity index (χ3n) is 3.24. The highest BCUT2D eigenvalue weighted by Gasteiger charge is 2.21. The third kappa shape index (κ3) is 4.11. The minimum Gasteiger partial charge on any atom is -0.462 e. The van der Waals surface area contributed by atoms with Crippen molar-refractivity contribution in [2.45, 2.75) is 20.8 Å². The Morgan fingerprint density at radius 3 is 2.33 bits per heavy atom. The molecule has 0 spiro atoms. The lowest BCUT2D eigenvalue weighted by atomic mass is 10.1. The van der Waals surface area contributed by atoms with Gasteiger partial charge in [0.2, 0.25) is 0 Å². The van der Waals surface area contributed by atoms with Crippen molar-refractivity contribution in [2.24, 2.45) is 0 Å². The van der Waals surface area contributed by atoms with Gasteiger partial charge in [-0.1, -0.05) is 23.2 Å². The van der Waals surface area contributed by atoms with Crippen LogP contribution in [0, 0.1) is 6.92 Å². The number of carbonyl (C=O) groups excluding carboxylic acids is 2. The van der Waals surface area contributed by atoms with Gasteiger partial charge in [0.1, 0.15) is 10.7 Å². The number of aromatic nitrogens is 1. The van der Waals surface area contributed by atoms with Gasteiger partial charge in [-0.05, 0) is 45.0 Å². The van der Waals surface area contributed by atoms with Crippen molar-refractivity contribution in [1.82, 2.24) is 4.98 Å². The summed E-state index contributed by atoms with van der Waals surface area (Å²) in [6.07, 6.45) is 1.35. The second-order valence-electron chi connectivity index (χ2n) is 5.06. The molecule has 0 amide bonds. The molecule has 0 saturated heterocycles. The van der Waals surface area contributed by atoms with Crippen molar-refractivity contribution < 1.29 is 19.1 Å². The van der Waals surface area contributed by atoms with Crippen LogP contribution in [0.5, 0.6) is 0 Å². The average Bonchev–Trinajstić information content (AvgIpc) is 2.53. The summed E-state index contributed by atoms with van der Waals surface area (Å²) in [5.41, 5.74) is 2.04. The van der Waals surface area contributed by atoms with E-state index in [-0.39, 0.29) is 23.9 Å². The first-order valence-electron chi connectivity index (χ1n) is 7.59. The Hall–Kier alpha value is -2.40. The highest BCUT2D eigenvalue weighted by Crippen LogP contribution is 2.24. The first-order valence-corrected chi connectivity index (χ1v) is 7.96. The second-order valence-corrected chi connectivity index (χ2v) is 5.42. The number of hydrogen-bond donors (Lipinski definition) is 0. The number of nitrogens with zero attached hydrogens (tertiary/aromatic N) is 1. The summed E-state index contributed by atoms with van der Waals surface area (Å²) in [4.78, 5) is 28.4. The molecule has 126 valence electrons. The van der Waals surface area contributed by atoms with E-state index in [1.54, 1.807) is 19.9 Å². The average molecular weight is 348 g/mol. The standard InChI is InChI=1S/C18H18ClNO4/c1-4-23-17(21)14(18(22)24-5-2)10-13-9-12-8-11(3)6-7-15(12)20-16(13)19/h6-10H,4-5H2,1-3H3. The van der Waals surface area contributed by atoms with Gasteiger partial charge in [0.05, 0.1) is 18.7 Å². The Labute approximate surface area is 145 Å². The van der Waals surface area contributed by atoms with Gasteiger partial charge in [0.15, 0.2) is 0 Å². The predicted octanol–water partition coefficient (Wildman–Crippen LogP) is 3.71. The van der Waals surface area contributed by atoms with Gasteiger partial charge in [-0.15, -0.1) is 0 Å². The van der Waals surface area contributed by atoms with Crippen molar-refractivity contribution in [3.05, 3.63) is 46.1 Å². The molecule has 1 aromatic carbocycles. The molecule has 0 aliphatic rings. The van der Waals surface area contributed by atoms with Gasteiger partial charge >= 0.3 is 11.9 Å². The topological polar surface area (TPSA) is 65.5 Å². The van der Waals surface area contributed by atoms with E-state index in [9.17, 15) is 9.59 Å². The minimum atomic E-state index is -0.753. The molecule has 1 aromatic heterocycles. The molecule has 0 saturated carbocycles. The fraction of sp³-hybridized carbons (Fsp3) is 0.278. The van der Waals surface area contributed by atoms with Crippen molar-refractivity contribution in [2.75, 3.05) is 13.2 Å². The SMILES string of the molecule is CCOC(=O)C(=Cc1cc2cc(C)ccc2nc1Cl)C(=O)OCC. The Morgan fingerprint density at radius 1 is 1.12 bits per heavy atom. The van der Waals surface area contributed by atoms with E-state index in [2.05, 4.69) is 4.98 Å². The van der Waals surface area contributed by atoms with Gasteiger partial charge in [-0.3, -0.25) is 0 Å². The monoisotopic (exact) mass is 347 g/mol. The molecule has 0 N–H and O–H groups in total. The molecule has 1 heterocycles. The molecule has 0 radical (unpaired) electrons. The Bertz CT molecular complexity index is 794.